The Labute approximate surface area is 154 Å². The number of methoxy groups -OCH3 is 1. The fraction of sp³-hybridized carbons (Fsp3) is 0.118. The first-order valence-corrected chi connectivity index (χ1v) is 7.94. The van der Waals surface area contributed by atoms with Gasteiger partial charge in [0, 0.05) is 5.69 Å². The van der Waals surface area contributed by atoms with Crippen molar-refractivity contribution in [2.24, 2.45) is 5.10 Å². The molecule has 2 amide bonds. The Bertz CT molecular complexity index is 809. The van der Waals surface area contributed by atoms with Gasteiger partial charge in [-0.2, -0.15) is 5.10 Å². The fourth-order valence-corrected chi connectivity index (χ4v) is 2.16. The standard InChI is InChI=1S/C17H15Cl2N3O3/c1-25-13-4-2-3-11(7-13)10-20-22-17(24)9-16(23)21-12-5-6-14(18)15(19)8-12/h2-8,10H,9H2,1H3,(H,21,23)(H,22,24)/b20-10+. The highest BCUT2D eigenvalue weighted by Crippen LogP contribution is 2.25. The molecule has 0 aromatic heterocycles. The number of carbonyl (C=O) groups is 2. The molecule has 0 heterocycles. The molecule has 2 N–H and O–H groups in total. The van der Waals surface area contributed by atoms with E-state index in [2.05, 4.69) is 15.8 Å². The van der Waals surface area contributed by atoms with Crippen molar-refractivity contribution in [3.8, 4) is 5.75 Å². The summed E-state index contributed by atoms with van der Waals surface area (Å²) in [6.45, 7) is 0. The summed E-state index contributed by atoms with van der Waals surface area (Å²) in [7, 11) is 1.56. The number of carbonyl (C=O) groups excluding carboxylic acids is 2. The minimum absolute atomic E-state index is 0.312. The van der Waals surface area contributed by atoms with Crippen LogP contribution in [0.4, 0.5) is 5.69 Å². The number of ether oxygens (including phenoxy) is 1. The molecule has 2 rings (SSSR count). The molecule has 0 aliphatic rings. The van der Waals surface area contributed by atoms with Crippen molar-refractivity contribution in [1.29, 1.82) is 0 Å². The molecule has 0 spiro atoms. The Morgan fingerprint density at radius 3 is 2.64 bits per heavy atom. The van der Waals surface area contributed by atoms with Crippen LogP contribution >= 0.6 is 23.2 Å². The van der Waals surface area contributed by atoms with Crippen molar-refractivity contribution in [3.63, 3.8) is 0 Å². The van der Waals surface area contributed by atoms with E-state index in [4.69, 9.17) is 27.9 Å². The van der Waals surface area contributed by atoms with E-state index in [1.54, 1.807) is 43.5 Å². The van der Waals surface area contributed by atoms with E-state index in [1.165, 1.54) is 12.3 Å². The number of amides is 2. The SMILES string of the molecule is COc1cccc(/C=N/NC(=O)CC(=O)Nc2ccc(Cl)c(Cl)c2)c1. The number of halogens is 2. The van der Waals surface area contributed by atoms with Crippen LogP contribution in [0.5, 0.6) is 5.75 Å². The molecule has 0 aliphatic carbocycles. The van der Waals surface area contributed by atoms with Gasteiger partial charge in [-0.25, -0.2) is 5.43 Å². The van der Waals surface area contributed by atoms with Crippen molar-refractivity contribution in [3.05, 3.63) is 58.1 Å². The number of nitrogens with one attached hydrogen (secondary N) is 2. The number of hydrogen-bond acceptors (Lipinski definition) is 4. The zero-order valence-corrected chi connectivity index (χ0v) is 14.8. The maximum atomic E-state index is 11.8. The molecule has 0 bridgehead atoms. The normalized spacial score (nSPS) is 10.5. The molecule has 2 aromatic carbocycles. The smallest absolute Gasteiger partial charge is 0.249 e. The van der Waals surface area contributed by atoms with Gasteiger partial charge < -0.3 is 10.1 Å². The van der Waals surface area contributed by atoms with Crippen molar-refractivity contribution < 1.29 is 14.3 Å². The molecule has 0 saturated heterocycles. The highest BCUT2D eigenvalue weighted by Gasteiger charge is 2.09. The molecule has 6 nitrogen and oxygen atoms in total. The summed E-state index contributed by atoms with van der Waals surface area (Å²) in [6.07, 6.45) is 1.08. The molecular weight excluding hydrogens is 365 g/mol. The van der Waals surface area contributed by atoms with Crippen molar-refractivity contribution in [2.45, 2.75) is 6.42 Å². The lowest BCUT2D eigenvalue weighted by atomic mass is 10.2. The van der Waals surface area contributed by atoms with Crippen LogP contribution < -0.4 is 15.5 Å². The molecule has 0 radical (unpaired) electrons. The lowest BCUT2D eigenvalue weighted by molar-refractivity contribution is -0.126. The summed E-state index contributed by atoms with van der Waals surface area (Å²) < 4.78 is 5.09. The largest absolute Gasteiger partial charge is 0.497 e. The van der Waals surface area contributed by atoms with E-state index in [1.807, 2.05) is 0 Å². The molecule has 0 fully saturated rings. The average molecular weight is 380 g/mol. The van der Waals surface area contributed by atoms with Crippen LogP contribution in [0.1, 0.15) is 12.0 Å². The third-order valence-electron chi connectivity index (χ3n) is 3.02. The topological polar surface area (TPSA) is 79.8 Å². The second-order valence-electron chi connectivity index (χ2n) is 4.92. The molecule has 2 aromatic rings. The molecule has 25 heavy (non-hydrogen) atoms. The van der Waals surface area contributed by atoms with E-state index in [0.29, 0.717) is 21.5 Å². The van der Waals surface area contributed by atoms with Gasteiger partial charge >= 0.3 is 0 Å². The molecule has 8 heteroatoms. The second-order valence-corrected chi connectivity index (χ2v) is 5.74. The first kappa shape index (κ1) is 18.8. The quantitative estimate of drug-likeness (QED) is 0.458. The minimum atomic E-state index is -0.545. The van der Waals surface area contributed by atoms with Crippen LogP contribution in [-0.2, 0) is 9.59 Å². The van der Waals surface area contributed by atoms with E-state index < -0.39 is 11.8 Å². The monoisotopic (exact) mass is 379 g/mol. The Balaban J connectivity index is 1.83. The highest BCUT2D eigenvalue weighted by molar-refractivity contribution is 6.42. The van der Waals surface area contributed by atoms with Gasteiger partial charge in [0.05, 0.1) is 23.4 Å². The third kappa shape index (κ3) is 6.10. The number of rotatable bonds is 6. The summed E-state index contributed by atoms with van der Waals surface area (Å²) in [5.74, 6) is -0.361. The highest BCUT2D eigenvalue weighted by atomic mass is 35.5. The lowest BCUT2D eigenvalue weighted by Crippen LogP contribution is -2.24. The van der Waals surface area contributed by atoms with Crippen molar-refractivity contribution >= 4 is 46.9 Å². The number of benzene rings is 2. The Hall–Kier alpha value is -2.57. The van der Waals surface area contributed by atoms with Crippen LogP contribution in [0.2, 0.25) is 10.0 Å². The van der Waals surface area contributed by atoms with Crippen molar-refractivity contribution in [2.75, 3.05) is 12.4 Å². The van der Waals surface area contributed by atoms with Gasteiger partial charge in [-0.15, -0.1) is 0 Å². The van der Waals surface area contributed by atoms with Gasteiger partial charge in [-0.1, -0.05) is 35.3 Å². The lowest BCUT2D eigenvalue weighted by Gasteiger charge is -2.05. The van der Waals surface area contributed by atoms with Crippen LogP contribution in [0.25, 0.3) is 0 Å². The van der Waals surface area contributed by atoms with Gasteiger partial charge in [-0.3, -0.25) is 9.59 Å². The van der Waals surface area contributed by atoms with Crippen LogP contribution in [0.3, 0.4) is 0 Å². The first-order chi connectivity index (χ1) is 12.0. The summed E-state index contributed by atoms with van der Waals surface area (Å²) in [6, 6.07) is 11.8. The summed E-state index contributed by atoms with van der Waals surface area (Å²) in [4.78, 5) is 23.5. The summed E-state index contributed by atoms with van der Waals surface area (Å²) in [5, 5.41) is 7.05. The Morgan fingerprint density at radius 2 is 1.92 bits per heavy atom. The number of anilines is 1. The third-order valence-corrected chi connectivity index (χ3v) is 3.76. The molecule has 0 unspecified atom stereocenters. The van der Waals surface area contributed by atoms with E-state index in [-0.39, 0.29) is 6.42 Å². The number of hydrazone groups is 1. The van der Waals surface area contributed by atoms with Crippen molar-refractivity contribution in [1.82, 2.24) is 5.43 Å². The van der Waals surface area contributed by atoms with Crippen LogP contribution in [0, 0.1) is 0 Å². The Kier molecular flexibility index (Phi) is 6.80. The molecular formula is C17H15Cl2N3O3. The van der Waals surface area contributed by atoms with E-state index in [9.17, 15) is 9.59 Å². The minimum Gasteiger partial charge on any atom is -0.497 e. The molecule has 0 aliphatic heterocycles. The van der Waals surface area contributed by atoms with Gasteiger partial charge in [0.15, 0.2) is 0 Å². The van der Waals surface area contributed by atoms with Crippen LogP contribution in [-0.4, -0.2) is 25.1 Å². The maximum absolute atomic E-state index is 11.8. The molecule has 0 atom stereocenters. The van der Waals surface area contributed by atoms with Crippen LogP contribution in [0.15, 0.2) is 47.6 Å². The first-order valence-electron chi connectivity index (χ1n) is 7.19. The van der Waals surface area contributed by atoms with Gasteiger partial charge in [0.1, 0.15) is 12.2 Å². The van der Waals surface area contributed by atoms with E-state index in [0.717, 1.165) is 5.56 Å². The average Bonchev–Trinajstić information content (AvgIpc) is 2.58. The van der Waals surface area contributed by atoms with Gasteiger partial charge in [-0.05, 0) is 35.9 Å². The second kappa shape index (κ2) is 9.05. The Morgan fingerprint density at radius 1 is 1.12 bits per heavy atom. The summed E-state index contributed by atoms with van der Waals surface area (Å²) >= 11 is 11.7. The van der Waals surface area contributed by atoms with Gasteiger partial charge in [0.2, 0.25) is 11.8 Å². The zero-order chi connectivity index (χ0) is 18.2. The van der Waals surface area contributed by atoms with Gasteiger partial charge in [0.25, 0.3) is 0 Å². The molecule has 0 saturated carbocycles. The van der Waals surface area contributed by atoms with E-state index >= 15 is 0 Å². The fourth-order valence-electron chi connectivity index (χ4n) is 1.87. The predicted octanol–water partition coefficient (Wildman–Crippen LogP) is 3.48. The number of nitrogens with zero attached hydrogens (tertiary/aromatic N) is 1. The number of hydrogen-bond donors (Lipinski definition) is 2. The predicted molar refractivity (Wildman–Crippen MR) is 98.4 cm³/mol. The maximum Gasteiger partial charge on any atom is 0.249 e. The molecule has 130 valence electrons. The zero-order valence-electron chi connectivity index (χ0n) is 13.3. The summed E-state index contributed by atoms with van der Waals surface area (Å²) in [5.41, 5.74) is 3.49.